The molecule has 0 amide bonds. The Balaban J connectivity index is 2.45. The molecule has 60 valence electrons. The van der Waals surface area contributed by atoms with Crippen molar-refractivity contribution >= 4 is 0 Å². The lowest BCUT2D eigenvalue weighted by molar-refractivity contribution is -0.172. The van der Waals surface area contributed by atoms with Gasteiger partial charge in [0.2, 0.25) is 0 Å². The van der Waals surface area contributed by atoms with Crippen molar-refractivity contribution in [3.05, 3.63) is 0 Å². The Morgan fingerprint density at radius 3 is 2.00 bits per heavy atom. The van der Waals surface area contributed by atoms with E-state index >= 15 is 0 Å². The highest BCUT2D eigenvalue weighted by Crippen LogP contribution is 2.37. The molecular weight excluding hydrogens is 143 g/mol. The van der Waals surface area contributed by atoms with Crippen molar-refractivity contribution in [2.45, 2.75) is 31.5 Å². The van der Waals surface area contributed by atoms with E-state index in [0.717, 1.165) is 0 Å². The number of hydrogen-bond acceptors (Lipinski definition) is 1. The summed E-state index contributed by atoms with van der Waals surface area (Å²) in [6.45, 7) is 0. The van der Waals surface area contributed by atoms with Gasteiger partial charge in [-0.25, -0.2) is 0 Å². The molecule has 1 aliphatic rings. The number of nitrogens with two attached hydrogens (primary N) is 1. The van der Waals surface area contributed by atoms with Gasteiger partial charge in [-0.2, -0.15) is 13.2 Å². The first-order chi connectivity index (χ1) is 4.50. The van der Waals surface area contributed by atoms with Crippen LogP contribution < -0.4 is 5.73 Å². The Morgan fingerprint density at radius 2 is 1.80 bits per heavy atom. The van der Waals surface area contributed by atoms with E-state index in [1.165, 1.54) is 0 Å². The van der Waals surface area contributed by atoms with Crippen LogP contribution in [-0.4, -0.2) is 12.2 Å². The molecule has 0 saturated heterocycles. The Hall–Kier alpha value is -0.250. The monoisotopic (exact) mass is 153 g/mol. The van der Waals surface area contributed by atoms with Crippen molar-refractivity contribution in [3.63, 3.8) is 0 Å². The standard InChI is InChI=1S/C6H10F3N/c7-6(8,9)4-1-2-5(10)3-4/h4-5H,1-3,10H2/t4-,5-/m1/s1. The van der Waals surface area contributed by atoms with Crippen LogP contribution in [-0.2, 0) is 0 Å². The van der Waals surface area contributed by atoms with Crippen molar-refractivity contribution in [2.24, 2.45) is 11.7 Å². The molecule has 1 saturated carbocycles. The third kappa shape index (κ3) is 1.62. The molecule has 0 aliphatic heterocycles. The van der Waals surface area contributed by atoms with E-state index in [9.17, 15) is 13.2 Å². The summed E-state index contributed by atoms with van der Waals surface area (Å²) in [7, 11) is 0. The smallest absolute Gasteiger partial charge is 0.328 e. The molecule has 0 heterocycles. The lowest BCUT2D eigenvalue weighted by atomic mass is 10.1. The average molecular weight is 153 g/mol. The summed E-state index contributed by atoms with van der Waals surface area (Å²) < 4.78 is 35.6. The zero-order valence-electron chi connectivity index (χ0n) is 5.49. The van der Waals surface area contributed by atoms with E-state index in [-0.39, 0.29) is 18.9 Å². The van der Waals surface area contributed by atoms with Crippen LogP contribution in [0.2, 0.25) is 0 Å². The quantitative estimate of drug-likeness (QED) is 0.563. The van der Waals surface area contributed by atoms with Crippen LogP contribution in [0.5, 0.6) is 0 Å². The van der Waals surface area contributed by atoms with Crippen LogP contribution >= 0.6 is 0 Å². The van der Waals surface area contributed by atoms with Crippen molar-refractivity contribution in [1.29, 1.82) is 0 Å². The Bertz CT molecular complexity index is 121. The molecule has 2 atom stereocenters. The van der Waals surface area contributed by atoms with Gasteiger partial charge in [-0.15, -0.1) is 0 Å². The highest BCUT2D eigenvalue weighted by molar-refractivity contribution is 4.81. The van der Waals surface area contributed by atoms with Gasteiger partial charge in [-0.05, 0) is 19.3 Å². The van der Waals surface area contributed by atoms with Crippen molar-refractivity contribution in [1.82, 2.24) is 0 Å². The van der Waals surface area contributed by atoms with Crippen molar-refractivity contribution in [2.75, 3.05) is 0 Å². The second-order valence-electron chi connectivity index (χ2n) is 2.81. The SMILES string of the molecule is N[C@@H]1CC[C@@H](C(F)(F)F)C1. The molecule has 0 bridgehead atoms. The van der Waals surface area contributed by atoms with Crippen LogP contribution in [0, 0.1) is 5.92 Å². The molecule has 10 heavy (non-hydrogen) atoms. The van der Waals surface area contributed by atoms with Crippen LogP contribution in [0.4, 0.5) is 13.2 Å². The predicted molar refractivity (Wildman–Crippen MR) is 31.4 cm³/mol. The minimum absolute atomic E-state index is 0.115. The zero-order valence-corrected chi connectivity index (χ0v) is 5.49. The largest absolute Gasteiger partial charge is 0.391 e. The maximum atomic E-state index is 11.9. The summed E-state index contributed by atoms with van der Waals surface area (Å²) in [6, 6.07) is -0.230. The lowest BCUT2D eigenvalue weighted by Crippen LogP contribution is -2.22. The summed E-state index contributed by atoms with van der Waals surface area (Å²) in [4.78, 5) is 0. The van der Waals surface area contributed by atoms with E-state index in [1.807, 2.05) is 0 Å². The van der Waals surface area contributed by atoms with Gasteiger partial charge in [0.05, 0.1) is 5.92 Å². The fourth-order valence-electron chi connectivity index (χ4n) is 1.31. The predicted octanol–water partition coefficient (Wildman–Crippen LogP) is 1.68. The fourth-order valence-corrected chi connectivity index (χ4v) is 1.31. The third-order valence-electron chi connectivity index (χ3n) is 1.94. The highest BCUT2D eigenvalue weighted by Gasteiger charge is 2.42. The molecule has 1 nitrogen and oxygen atoms in total. The summed E-state index contributed by atoms with van der Waals surface area (Å²) in [5.74, 6) is -1.14. The first-order valence-corrected chi connectivity index (χ1v) is 3.32. The highest BCUT2D eigenvalue weighted by atomic mass is 19.4. The first kappa shape index (κ1) is 7.85. The molecule has 0 aromatic rings. The summed E-state index contributed by atoms with van der Waals surface area (Å²) in [6.07, 6.45) is -3.17. The maximum absolute atomic E-state index is 11.9. The Kier molecular flexibility index (Phi) is 1.90. The molecule has 4 heteroatoms. The fraction of sp³-hybridized carbons (Fsp3) is 1.00. The van der Waals surface area contributed by atoms with Gasteiger partial charge in [-0.3, -0.25) is 0 Å². The molecule has 1 aliphatic carbocycles. The summed E-state index contributed by atoms with van der Waals surface area (Å²) in [5, 5.41) is 0. The van der Waals surface area contributed by atoms with Gasteiger partial charge >= 0.3 is 6.18 Å². The number of alkyl halides is 3. The Morgan fingerprint density at radius 1 is 1.20 bits per heavy atom. The van der Waals surface area contributed by atoms with Gasteiger partial charge < -0.3 is 5.73 Å². The van der Waals surface area contributed by atoms with Crippen LogP contribution in [0.1, 0.15) is 19.3 Å². The van der Waals surface area contributed by atoms with Crippen LogP contribution in [0.15, 0.2) is 0 Å². The maximum Gasteiger partial charge on any atom is 0.391 e. The lowest BCUT2D eigenvalue weighted by Gasteiger charge is -2.12. The number of halogens is 3. The van der Waals surface area contributed by atoms with Gasteiger partial charge in [0.25, 0.3) is 0 Å². The van der Waals surface area contributed by atoms with Crippen molar-refractivity contribution < 1.29 is 13.2 Å². The van der Waals surface area contributed by atoms with E-state index < -0.39 is 12.1 Å². The van der Waals surface area contributed by atoms with E-state index in [0.29, 0.717) is 6.42 Å². The second kappa shape index (κ2) is 2.42. The first-order valence-electron chi connectivity index (χ1n) is 3.32. The summed E-state index contributed by atoms with van der Waals surface area (Å²) in [5.41, 5.74) is 5.32. The molecule has 1 rings (SSSR count). The molecule has 0 aromatic carbocycles. The molecule has 0 unspecified atom stereocenters. The third-order valence-corrected chi connectivity index (χ3v) is 1.94. The van der Waals surface area contributed by atoms with Crippen LogP contribution in [0.25, 0.3) is 0 Å². The average Bonchev–Trinajstić information content (AvgIpc) is 2.11. The number of hydrogen-bond donors (Lipinski definition) is 1. The second-order valence-corrected chi connectivity index (χ2v) is 2.81. The van der Waals surface area contributed by atoms with Gasteiger partial charge in [0.15, 0.2) is 0 Å². The minimum Gasteiger partial charge on any atom is -0.328 e. The molecule has 2 N–H and O–H groups in total. The zero-order chi connectivity index (χ0) is 7.78. The van der Waals surface area contributed by atoms with Gasteiger partial charge in [0, 0.05) is 6.04 Å². The minimum atomic E-state index is -4.02. The van der Waals surface area contributed by atoms with E-state index in [2.05, 4.69) is 0 Å². The molecule has 0 radical (unpaired) electrons. The normalized spacial score (nSPS) is 34.8. The molecule has 0 spiro atoms. The van der Waals surface area contributed by atoms with Gasteiger partial charge in [0.1, 0.15) is 0 Å². The molecule has 1 fully saturated rings. The summed E-state index contributed by atoms with van der Waals surface area (Å²) >= 11 is 0. The van der Waals surface area contributed by atoms with Gasteiger partial charge in [-0.1, -0.05) is 0 Å². The Labute approximate surface area is 57.4 Å². The van der Waals surface area contributed by atoms with Crippen LogP contribution in [0.3, 0.4) is 0 Å². The molecular formula is C6H10F3N. The van der Waals surface area contributed by atoms with E-state index in [4.69, 9.17) is 5.73 Å². The van der Waals surface area contributed by atoms with Crippen molar-refractivity contribution in [3.8, 4) is 0 Å². The van der Waals surface area contributed by atoms with E-state index in [1.54, 1.807) is 0 Å². The topological polar surface area (TPSA) is 26.0 Å². The number of rotatable bonds is 0. The molecule has 0 aromatic heterocycles.